The molecule has 0 spiro atoms. The average molecular weight is 361 g/mol. The van der Waals surface area contributed by atoms with Crippen LogP contribution < -0.4 is 21.7 Å². The van der Waals surface area contributed by atoms with E-state index < -0.39 is 34.7 Å². The highest BCUT2D eigenvalue weighted by Gasteiger charge is 2.28. The number of nitrogens with zero attached hydrogens (tertiary/aromatic N) is 2. The normalized spacial score (nSPS) is 11.7. The van der Waals surface area contributed by atoms with Crippen LogP contribution in [0.2, 0.25) is 0 Å². The molecule has 0 amide bonds. The van der Waals surface area contributed by atoms with Crippen LogP contribution in [-0.2, 0) is 18.8 Å². The number of aromatic nitrogens is 2. The summed E-state index contributed by atoms with van der Waals surface area (Å²) in [5, 5.41) is 0. The van der Waals surface area contributed by atoms with Gasteiger partial charge in [0.05, 0.1) is 7.11 Å². The smallest absolute Gasteiger partial charge is 0.342 e. The number of nitrogen functional groups attached to an aromatic ring is 1. The lowest BCUT2D eigenvalue weighted by atomic mass is 10.1. The first-order valence-corrected chi connectivity index (χ1v) is 7.64. The molecule has 2 rings (SSSR count). The van der Waals surface area contributed by atoms with Crippen LogP contribution >= 0.6 is 0 Å². The number of ketones is 1. The van der Waals surface area contributed by atoms with Crippen molar-refractivity contribution in [3.8, 4) is 5.75 Å². The van der Waals surface area contributed by atoms with Crippen molar-refractivity contribution in [3.63, 3.8) is 0 Å². The number of rotatable bonds is 5. The van der Waals surface area contributed by atoms with Gasteiger partial charge >= 0.3 is 11.7 Å². The minimum absolute atomic E-state index is 0.135. The van der Waals surface area contributed by atoms with Crippen LogP contribution in [0.3, 0.4) is 0 Å². The molecule has 1 heterocycles. The number of esters is 1. The third-order valence-electron chi connectivity index (χ3n) is 3.94. The Morgan fingerprint density at radius 3 is 2.35 bits per heavy atom. The number of benzene rings is 1. The molecule has 0 fully saturated rings. The predicted octanol–water partition coefficient (Wildman–Crippen LogP) is 0.103. The molecule has 0 saturated carbocycles. The summed E-state index contributed by atoms with van der Waals surface area (Å²) in [6, 6.07) is 6.35. The molecule has 1 aromatic carbocycles. The molecule has 0 aliphatic carbocycles. The first kappa shape index (κ1) is 19.0. The number of hydrogen-bond donors (Lipinski definition) is 1. The van der Waals surface area contributed by atoms with Crippen LogP contribution in [-0.4, -0.2) is 34.1 Å². The van der Waals surface area contributed by atoms with Gasteiger partial charge in [0.25, 0.3) is 5.56 Å². The number of carbonyl (C=O) groups excluding carboxylic acids is 2. The Hall–Kier alpha value is -3.36. The van der Waals surface area contributed by atoms with E-state index in [-0.39, 0.29) is 17.1 Å². The van der Waals surface area contributed by atoms with Gasteiger partial charge in [-0.15, -0.1) is 0 Å². The highest BCUT2D eigenvalue weighted by Crippen LogP contribution is 2.19. The lowest BCUT2D eigenvalue weighted by Crippen LogP contribution is -2.43. The molecule has 2 aromatic rings. The highest BCUT2D eigenvalue weighted by atomic mass is 16.5. The fraction of sp³-hybridized carbons (Fsp3) is 0.294. The van der Waals surface area contributed by atoms with Gasteiger partial charge in [0.2, 0.25) is 5.78 Å². The molecule has 0 aliphatic rings. The van der Waals surface area contributed by atoms with Crippen molar-refractivity contribution in [3.05, 3.63) is 56.2 Å². The summed E-state index contributed by atoms with van der Waals surface area (Å²) in [5.41, 5.74) is 3.96. The molecular weight excluding hydrogens is 342 g/mol. The van der Waals surface area contributed by atoms with Gasteiger partial charge in [-0.1, -0.05) is 12.1 Å². The number of hydrogen-bond acceptors (Lipinski definition) is 7. The molecule has 2 N–H and O–H groups in total. The summed E-state index contributed by atoms with van der Waals surface area (Å²) in [4.78, 5) is 49.0. The van der Waals surface area contributed by atoms with E-state index in [4.69, 9.17) is 15.2 Å². The van der Waals surface area contributed by atoms with Crippen molar-refractivity contribution >= 4 is 17.6 Å². The number of ether oxygens (including phenoxy) is 2. The number of carbonyl (C=O) groups is 2. The van der Waals surface area contributed by atoms with Gasteiger partial charge in [-0.25, -0.2) is 9.59 Å². The van der Waals surface area contributed by atoms with E-state index in [0.717, 1.165) is 9.13 Å². The second kappa shape index (κ2) is 7.26. The van der Waals surface area contributed by atoms with E-state index in [0.29, 0.717) is 0 Å². The molecule has 9 heteroatoms. The van der Waals surface area contributed by atoms with E-state index in [2.05, 4.69) is 0 Å². The van der Waals surface area contributed by atoms with E-state index in [9.17, 15) is 19.2 Å². The molecule has 9 nitrogen and oxygen atoms in total. The Morgan fingerprint density at radius 2 is 1.73 bits per heavy atom. The van der Waals surface area contributed by atoms with Crippen molar-refractivity contribution in [1.29, 1.82) is 0 Å². The molecule has 138 valence electrons. The summed E-state index contributed by atoms with van der Waals surface area (Å²) >= 11 is 0. The van der Waals surface area contributed by atoms with Gasteiger partial charge in [-0.3, -0.25) is 18.7 Å². The zero-order valence-electron chi connectivity index (χ0n) is 14.8. The lowest BCUT2D eigenvalue weighted by Gasteiger charge is -2.16. The van der Waals surface area contributed by atoms with E-state index in [1.54, 1.807) is 18.2 Å². The maximum absolute atomic E-state index is 12.6. The first-order valence-electron chi connectivity index (χ1n) is 7.64. The molecule has 26 heavy (non-hydrogen) atoms. The maximum atomic E-state index is 12.6. The highest BCUT2D eigenvalue weighted by molar-refractivity contribution is 6.04. The fourth-order valence-electron chi connectivity index (χ4n) is 2.39. The summed E-state index contributed by atoms with van der Waals surface area (Å²) in [6.45, 7) is 1.32. The zero-order chi connectivity index (χ0) is 19.6. The van der Waals surface area contributed by atoms with E-state index >= 15 is 0 Å². The summed E-state index contributed by atoms with van der Waals surface area (Å²) in [6.07, 6.45) is -1.29. The van der Waals surface area contributed by atoms with Crippen LogP contribution in [0.5, 0.6) is 5.75 Å². The summed E-state index contributed by atoms with van der Waals surface area (Å²) in [5.74, 6) is -1.59. The average Bonchev–Trinajstić information content (AvgIpc) is 2.64. The zero-order valence-corrected chi connectivity index (χ0v) is 14.8. The summed E-state index contributed by atoms with van der Waals surface area (Å²) < 4.78 is 12.0. The number of nitrogens with two attached hydrogens (primary N) is 1. The molecule has 1 unspecified atom stereocenters. The van der Waals surface area contributed by atoms with Gasteiger partial charge in [0, 0.05) is 14.1 Å². The van der Waals surface area contributed by atoms with Crippen LogP contribution in [0.25, 0.3) is 0 Å². The molecular formula is C17H19N3O6. The Bertz CT molecular complexity index is 989. The fourth-order valence-corrected chi connectivity index (χ4v) is 2.39. The van der Waals surface area contributed by atoms with Crippen molar-refractivity contribution in [1.82, 2.24) is 9.13 Å². The molecule has 1 aromatic heterocycles. The van der Waals surface area contributed by atoms with Crippen molar-refractivity contribution < 1.29 is 19.1 Å². The molecule has 1 atom stereocenters. The molecule has 0 saturated heterocycles. The van der Waals surface area contributed by atoms with Crippen LogP contribution in [0.1, 0.15) is 27.6 Å². The second-order valence-electron chi connectivity index (χ2n) is 5.58. The minimum atomic E-state index is -1.29. The minimum Gasteiger partial charge on any atom is -0.496 e. The van der Waals surface area contributed by atoms with Gasteiger partial charge < -0.3 is 15.2 Å². The molecule has 0 aliphatic heterocycles. The van der Waals surface area contributed by atoms with E-state index in [1.807, 2.05) is 0 Å². The second-order valence-corrected chi connectivity index (χ2v) is 5.58. The SMILES string of the molecule is COc1ccccc1C(=O)OC(C)C(=O)c1c(N)n(C)c(=O)n(C)c1=O. The van der Waals surface area contributed by atoms with Gasteiger partial charge in [0.15, 0.2) is 6.10 Å². The number of Topliss-reactive ketones (excluding diaryl/α,β-unsaturated/α-hetero) is 1. The predicted molar refractivity (Wildman–Crippen MR) is 93.5 cm³/mol. The standard InChI is InChI=1S/C17H19N3O6/c1-9(26-16(23)10-7-5-6-8-11(10)25-4)13(21)12-14(18)19(2)17(24)20(3)15(12)22/h5-9H,18H2,1-4H3. The Balaban J connectivity index is 2.36. The summed E-state index contributed by atoms with van der Waals surface area (Å²) in [7, 11) is 3.96. The molecule has 0 bridgehead atoms. The first-order chi connectivity index (χ1) is 12.2. The van der Waals surface area contributed by atoms with Crippen LogP contribution in [0.4, 0.5) is 5.82 Å². The number of para-hydroxylation sites is 1. The monoisotopic (exact) mass is 361 g/mol. The third kappa shape index (κ3) is 3.23. The Morgan fingerprint density at radius 1 is 1.12 bits per heavy atom. The Labute approximate surface area is 148 Å². The van der Waals surface area contributed by atoms with Gasteiger partial charge in [0.1, 0.15) is 22.7 Å². The quantitative estimate of drug-likeness (QED) is 0.592. The van der Waals surface area contributed by atoms with Gasteiger partial charge in [-0.2, -0.15) is 0 Å². The maximum Gasteiger partial charge on any atom is 0.342 e. The lowest BCUT2D eigenvalue weighted by molar-refractivity contribution is 0.0315. The van der Waals surface area contributed by atoms with Crippen molar-refractivity contribution in [2.45, 2.75) is 13.0 Å². The third-order valence-corrected chi connectivity index (χ3v) is 3.94. The van der Waals surface area contributed by atoms with Crippen LogP contribution in [0, 0.1) is 0 Å². The van der Waals surface area contributed by atoms with Gasteiger partial charge in [-0.05, 0) is 19.1 Å². The topological polar surface area (TPSA) is 123 Å². The number of anilines is 1. The largest absolute Gasteiger partial charge is 0.496 e. The molecule has 0 radical (unpaired) electrons. The van der Waals surface area contributed by atoms with E-state index in [1.165, 1.54) is 34.2 Å². The Kier molecular flexibility index (Phi) is 5.30. The van der Waals surface area contributed by atoms with Crippen LogP contribution in [0.15, 0.2) is 33.9 Å². The number of methoxy groups -OCH3 is 1. The van der Waals surface area contributed by atoms with Crippen molar-refractivity contribution in [2.24, 2.45) is 14.1 Å². The van der Waals surface area contributed by atoms with Crippen molar-refractivity contribution in [2.75, 3.05) is 12.8 Å².